The molecule has 2 saturated heterocycles. The minimum absolute atomic E-state index is 0.0151. The summed E-state index contributed by atoms with van der Waals surface area (Å²) in [6.45, 7) is 3.58. The van der Waals surface area contributed by atoms with Crippen molar-refractivity contribution in [1.82, 2.24) is 15.1 Å². The normalized spacial score (nSPS) is 23.6. The standard InChI is InChI=1S/C28H31FN4O3S/c1-17(34)32-6-8-33(9-7-32)28(36)26-14-22(16-37-26)19-2-3-20(24(29)13-19)10-18(15-30)11-25(35)27-21-4-5-23(12-21)31-27/h2-3,13-14,16,18,21,23,27,31H,4-12H2,1H3/t18-,21+,23-,27+/m1/s1. The molecule has 1 N–H and O–H groups in total. The van der Waals surface area contributed by atoms with E-state index < -0.39 is 11.7 Å². The molecule has 2 amide bonds. The maximum Gasteiger partial charge on any atom is 0.264 e. The van der Waals surface area contributed by atoms with Gasteiger partial charge in [0.15, 0.2) is 5.78 Å². The molecule has 1 aromatic heterocycles. The van der Waals surface area contributed by atoms with Crippen LogP contribution in [0, 0.1) is 29.0 Å². The Morgan fingerprint density at radius 2 is 1.89 bits per heavy atom. The van der Waals surface area contributed by atoms with Crippen molar-refractivity contribution in [2.45, 2.75) is 51.1 Å². The largest absolute Gasteiger partial charge is 0.339 e. The highest BCUT2D eigenvalue weighted by molar-refractivity contribution is 7.12. The van der Waals surface area contributed by atoms with Crippen LogP contribution < -0.4 is 5.32 Å². The highest BCUT2D eigenvalue weighted by Gasteiger charge is 2.42. The van der Waals surface area contributed by atoms with Crippen LogP contribution >= 0.6 is 11.3 Å². The molecule has 1 aromatic carbocycles. The van der Waals surface area contributed by atoms with E-state index in [0.717, 1.165) is 24.8 Å². The number of nitrogens with one attached hydrogen (secondary N) is 1. The van der Waals surface area contributed by atoms with Crippen molar-refractivity contribution in [1.29, 1.82) is 5.26 Å². The van der Waals surface area contributed by atoms with Crippen LogP contribution in [-0.2, 0) is 16.0 Å². The number of carbonyl (C=O) groups excluding carboxylic acids is 3. The summed E-state index contributed by atoms with van der Waals surface area (Å²) in [6.07, 6.45) is 3.54. The molecule has 2 aromatic rings. The fourth-order valence-electron chi connectivity index (χ4n) is 5.89. The fraction of sp³-hybridized carbons (Fsp3) is 0.500. The summed E-state index contributed by atoms with van der Waals surface area (Å²) in [7, 11) is 0. The maximum absolute atomic E-state index is 15.0. The van der Waals surface area contributed by atoms with Crippen LogP contribution in [0.1, 0.15) is 47.8 Å². The van der Waals surface area contributed by atoms with Gasteiger partial charge in [-0.2, -0.15) is 5.26 Å². The van der Waals surface area contributed by atoms with E-state index in [1.165, 1.54) is 24.3 Å². The van der Waals surface area contributed by atoms with E-state index in [1.807, 2.05) is 5.38 Å². The van der Waals surface area contributed by atoms with E-state index in [2.05, 4.69) is 11.4 Å². The number of nitrogens with zero attached hydrogens (tertiary/aromatic N) is 3. The van der Waals surface area contributed by atoms with E-state index in [-0.39, 0.29) is 36.5 Å². The zero-order chi connectivity index (χ0) is 26.1. The number of ketones is 1. The van der Waals surface area contributed by atoms with Gasteiger partial charge in [-0.15, -0.1) is 11.3 Å². The number of rotatable bonds is 7. The monoisotopic (exact) mass is 522 g/mol. The number of carbonyl (C=O) groups is 3. The predicted molar refractivity (Wildman–Crippen MR) is 138 cm³/mol. The van der Waals surface area contributed by atoms with Gasteiger partial charge in [-0.05, 0) is 65.8 Å². The van der Waals surface area contributed by atoms with E-state index in [9.17, 15) is 19.6 Å². The topological polar surface area (TPSA) is 93.5 Å². The number of fused-ring (bicyclic) bond motifs is 2. The van der Waals surface area contributed by atoms with Crippen molar-refractivity contribution >= 4 is 28.9 Å². The molecule has 0 radical (unpaired) electrons. The van der Waals surface area contributed by atoms with Crippen molar-refractivity contribution in [2.75, 3.05) is 26.2 Å². The van der Waals surface area contributed by atoms with Gasteiger partial charge < -0.3 is 15.1 Å². The van der Waals surface area contributed by atoms with Gasteiger partial charge in [0.05, 0.1) is 22.9 Å². The first-order chi connectivity index (χ1) is 17.8. The zero-order valence-corrected chi connectivity index (χ0v) is 21.7. The third-order valence-electron chi connectivity index (χ3n) is 8.01. The Morgan fingerprint density at radius 3 is 2.51 bits per heavy atom. The Hall–Kier alpha value is -3.09. The molecule has 1 aliphatic carbocycles. The van der Waals surface area contributed by atoms with Crippen LogP contribution in [0.2, 0.25) is 0 Å². The number of thiophene rings is 1. The van der Waals surface area contributed by atoms with E-state index in [1.54, 1.807) is 28.0 Å². The number of piperidine rings is 1. The molecule has 2 aliphatic heterocycles. The Balaban J connectivity index is 1.20. The Morgan fingerprint density at radius 1 is 1.14 bits per heavy atom. The molecule has 3 aliphatic rings. The van der Waals surface area contributed by atoms with Gasteiger partial charge in [0.1, 0.15) is 5.82 Å². The maximum atomic E-state index is 15.0. The van der Waals surface area contributed by atoms with Crippen LogP contribution in [0.4, 0.5) is 4.39 Å². The Labute approximate surface area is 220 Å². The molecule has 3 heterocycles. The molecule has 9 heteroatoms. The number of amides is 2. The van der Waals surface area contributed by atoms with Crippen LogP contribution in [0.15, 0.2) is 29.6 Å². The van der Waals surface area contributed by atoms with Gasteiger partial charge in [0, 0.05) is 45.6 Å². The first-order valence-corrected chi connectivity index (χ1v) is 13.8. The zero-order valence-electron chi connectivity index (χ0n) is 20.9. The first-order valence-electron chi connectivity index (χ1n) is 12.9. The number of piperazine rings is 1. The average molecular weight is 523 g/mol. The second-order valence-corrected chi connectivity index (χ2v) is 11.3. The molecule has 4 atom stereocenters. The molecular formula is C28H31FN4O3S. The van der Waals surface area contributed by atoms with E-state index in [4.69, 9.17) is 0 Å². The minimum atomic E-state index is -0.567. The first kappa shape index (κ1) is 25.6. The molecule has 0 unspecified atom stereocenters. The lowest BCUT2D eigenvalue weighted by atomic mass is 9.88. The summed E-state index contributed by atoms with van der Waals surface area (Å²) >= 11 is 1.32. The molecule has 1 saturated carbocycles. The number of nitriles is 1. The van der Waals surface area contributed by atoms with Crippen molar-refractivity contribution < 1.29 is 18.8 Å². The van der Waals surface area contributed by atoms with Crippen LogP contribution in [-0.4, -0.2) is 65.7 Å². The Bertz CT molecular complexity index is 1250. The molecule has 3 fully saturated rings. The van der Waals surface area contributed by atoms with Crippen molar-refractivity contribution in [3.8, 4) is 17.2 Å². The molecule has 7 nitrogen and oxygen atoms in total. The lowest BCUT2D eigenvalue weighted by Crippen LogP contribution is -2.49. The summed E-state index contributed by atoms with van der Waals surface area (Å²) in [6, 6.07) is 9.16. The summed E-state index contributed by atoms with van der Waals surface area (Å²) in [5, 5.41) is 14.9. The number of hydrogen-bond donors (Lipinski definition) is 1. The van der Waals surface area contributed by atoms with Gasteiger partial charge in [0.25, 0.3) is 5.91 Å². The summed E-state index contributed by atoms with van der Waals surface area (Å²) in [4.78, 5) is 41.3. The van der Waals surface area contributed by atoms with E-state index in [0.29, 0.717) is 54.1 Å². The highest BCUT2D eigenvalue weighted by atomic mass is 32.1. The van der Waals surface area contributed by atoms with Gasteiger partial charge in [-0.1, -0.05) is 12.1 Å². The lowest BCUT2D eigenvalue weighted by molar-refractivity contribution is -0.130. The van der Waals surface area contributed by atoms with Gasteiger partial charge >= 0.3 is 0 Å². The summed E-state index contributed by atoms with van der Waals surface area (Å²) < 4.78 is 15.0. The average Bonchev–Trinajstić information content (AvgIpc) is 3.66. The number of halogens is 1. The molecule has 2 bridgehead atoms. The molecule has 5 rings (SSSR count). The lowest BCUT2D eigenvalue weighted by Gasteiger charge is -2.33. The van der Waals surface area contributed by atoms with Crippen LogP contribution in [0.3, 0.4) is 0 Å². The molecule has 194 valence electrons. The third kappa shape index (κ3) is 5.46. The molecule has 0 spiro atoms. The van der Waals surface area contributed by atoms with E-state index >= 15 is 4.39 Å². The number of benzene rings is 1. The second kappa shape index (κ2) is 10.7. The van der Waals surface area contributed by atoms with Gasteiger partial charge in [0.2, 0.25) is 5.91 Å². The van der Waals surface area contributed by atoms with Crippen LogP contribution in [0.5, 0.6) is 0 Å². The Kier molecular flexibility index (Phi) is 7.40. The molecular weight excluding hydrogens is 491 g/mol. The third-order valence-corrected chi connectivity index (χ3v) is 8.93. The van der Waals surface area contributed by atoms with Crippen LogP contribution in [0.25, 0.3) is 11.1 Å². The summed E-state index contributed by atoms with van der Waals surface area (Å²) in [5.74, 6) is -0.607. The quantitative estimate of drug-likeness (QED) is 0.599. The smallest absolute Gasteiger partial charge is 0.264 e. The van der Waals surface area contributed by atoms with Crippen molar-refractivity contribution in [2.24, 2.45) is 11.8 Å². The molecule has 37 heavy (non-hydrogen) atoms. The minimum Gasteiger partial charge on any atom is -0.339 e. The SMILES string of the molecule is CC(=O)N1CCN(C(=O)c2cc(-c3ccc(C[C@@H](C#N)CC(=O)[C@H]4N[C@@H]5CC[C@H]4C5)c(F)c3)cs2)CC1. The predicted octanol–water partition coefficient (Wildman–Crippen LogP) is 3.64. The van der Waals surface area contributed by atoms with Crippen molar-refractivity contribution in [3.05, 3.63) is 45.9 Å². The summed E-state index contributed by atoms with van der Waals surface area (Å²) in [5.41, 5.74) is 1.84. The fourth-order valence-corrected chi connectivity index (χ4v) is 6.77. The van der Waals surface area contributed by atoms with Gasteiger partial charge in [-0.25, -0.2) is 4.39 Å². The highest BCUT2D eigenvalue weighted by Crippen LogP contribution is 2.36. The van der Waals surface area contributed by atoms with Gasteiger partial charge in [-0.3, -0.25) is 14.4 Å². The van der Waals surface area contributed by atoms with Crippen molar-refractivity contribution in [3.63, 3.8) is 0 Å². The number of Topliss-reactive ketones (excluding diaryl/α,β-unsaturated/α-hetero) is 1. The second-order valence-electron chi connectivity index (χ2n) is 10.4. The number of hydrogen-bond acceptors (Lipinski definition) is 6.